The van der Waals surface area contributed by atoms with E-state index in [1.54, 1.807) is 57.0 Å². The standard InChI is InChI=1S/C35H53N3O5/c1-10-11-12-13-14-21-38(33(40)30(22-24(2)3)37-34(41)43-35(6,7)8)31(29-20-15-25(4)23-26(29)5)32(39)36-27-16-18-28(42-9)19-17-27/h15-20,23-24,30-31H,10-14,21-22H2,1-9H3,(H,36,39)(H,37,41). The van der Waals surface area contributed by atoms with Crippen LogP contribution in [0.15, 0.2) is 42.5 Å². The molecule has 2 aromatic carbocycles. The van der Waals surface area contributed by atoms with Gasteiger partial charge in [-0.2, -0.15) is 0 Å². The summed E-state index contributed by atoms with van der Waals surface area (Å²) < 4.78 is 10.8. The van der Waals surface area contributed by atoms with E-state index in [2.05, 4.69) is 17.6 Å². The van der Waals surface area contributed by atoms with Crippen molar-refractivity contribution in [1.82, 2.24) is 10.2 Å². The van der Waals surface area contributed by atoms with E-state index in [1.165, 1.54) is 0 Å². The number of alkyl carbamates (subject to hydrolysis) is 1. The van der Waals surface area contributed by atoms with Crippen LogP contribution in [0.25, 0.3) is 0 Å². The van der Waals surface area contributed by atoms with Crippen LogP contribution in [-0.2, 0) is 14.3 Å². The first kappa shape index (κ1) is 35.6. The topological polar surface area (TPSA) is 97.0 Å². The number of carbonyl (C=O) groups is 3. The molecule has 0 spiro atoms. The number of unbranched alkanes of at least 4 members (excludes halogenated alkanes) is 4. The average molecular weight is 596 g/mol. The van der Waals surface area contributed by atoms with Gasteiger partial charge in [-0.15, -0.1) is 0 Å². The number of ether oxygens (including phenoxy) is 2. The van der Waals surface area contributed by atoms with Crippen molar-refractivity contribution in [1.29, 1.82) is 0 Å². The lowest BCUT2D eigenvalue weighted by molar-refractivity contribution is -0.141. The predicted octanol–water partition coefficient (Wildman–Crippen LogP) is 7.73. The van der Waals surface area contributed by atoms with Crippen LogP contribution in [0.5, 0.6) is 5.75 Å². The molecule has 2 aromatic rings. The number of anilines is 1. The van der Waals surface area contributed by atoms with Crippen LogP contribution < -0.4 is 15.4 Å². The Balaban J connectivity index is 2.57. The summed E-state index contributed by atoms with van der Waals surface area (Å²) in [5, 5.41) is 5.86. The molecule has 0 aromatic heterocycles. The van der Waals surface area contributed by atoms with Gasteiger partial charge in [-0.1, -0.05) is 70.2 Å². The minimum atomic E-state index is -0.906. The van der Waals surface area contributed by atoms with E-state index in [9.17, 15) is 14.4 Å². The third-order valence-corrected chi connectivity index (χ3v) is 7.12. The number of benzene rings is 2. The molecule has 0 heterocycles. The second kappa shape index (κ2) is 16.9. The number of methoxy groups -OCH3 is 1. The Morgan fingerprint density at radius 3 is 2.14 bits per heavy atom. The Labute approximate surface area is 258 Å². The van der Waals surface area contributed by atoms with Gasteiger partial charge in [0.15, 0.2) is 0 Å². The van der Waals surface area contributed by atoms with E-state index in [0.717, 1.165) is 48.8 Å². The molecule has 0 radical (unpaired) electrons. The lowest BCUT2D eigenvalue weighted by Gasteiger charge is -2.35. The van der Waals surface area contributed by atoms with Gasteiger partial charge in [0.1, 0.15) is 23.4 Å². The van der Waals surface area contributed by atoms with E-state index in [4.69, 9.17) is 9.47 Å². The third-order valence-electron chi connectivity index (χ3n) is 7.12. The lowest BCUT2D eigenvalue weighted by Crippen LogP contribution is -2.53. The van der Waals surface area contributed by atoms with E-state index in [0.29, 0.717) is 24.4 Å². The summed E-state index contributed by atoms with van der Waals surface area (Å²) in [5.74, 6) is 0.171. The first-order valence-electron chi connectivity index (χ1n) is 15.6. The molecule has 0 fully saturated rings. The van der Waals surface area contributed by atoms with Gasteiger partial charge in [-0.25, -0.2) is 4.79 Å². The summed E-state index contributed by atoms with van der Waals surface area (Å²) in [6.45, 7) is 15.9. The van der Waals surface area contributed by atoms with Crippen molar-refractivity contribution in [3.63, 3.8) is 0 Å². The molecule has 2 N–H and O–H groups in total. The molecule has 0 aliphatic carbocycles. The lowest BCUT2D eigenvalue weighted by atomic mass is 9.95. The first-order chi connectivity index (χ1) is 20.2. The van der Waals surface area contributed by atoms with Crippen LogP contribution >= 0.6 is 0 Å². The van der Waals surface area contributed by atoms with Crippen LogP contribution in [0, 0.1) is 19.8 Å². The molecule has 0 bridgehead atoms. The maximum absolute atomic E-state index is 14.5. The Kier molecular flexibility index (Phi) is 14.0. The van der Waals surface area contributed by atoms with Crippen molar-refractivity contribution in [2.45, 2.75) is 112 Å². The molecular formula is C35H53N3O5. The molecule has 3 amide bonds. The molecule has 0 saturated heterocycles. The van der Waals surface area contributed by atoms with Crippen molar-refractivity contribution in [2.24, 2.45) is 5.92 Å². The van der Waals surface area contributed by atoms with E-state index >= 15 is 0 Å². The normalized spacial score (nSPS) is 12.8. The molecule has 0 aliphatic rings. The molecule has 2 rings (SSSR count). The second-order valence-electron chi connectivity index (χ2n) is 12.8. The largest absolute Gasteiger partial charge is 0.497 e. The summed E-state index contributed by atoms with van der Waals surface area (Å²) in [6, 6.07) is 11.3. The van der Waals surface area contributed by atoms with Gasteiger partial charge in [0.2, 0.25) is 5.91 Å². The van der Waals surface area contributed by atoms with Gasteiger partial charge in [0.05, 0.1) is 7.11 Å². The SMILES string of the molecule is CCCCCCCN(C(=O)C(CC(C)C)NC(=O)OC(C)(C)C)C(C(=O)Nc1ccc(OC)cc1)c1ccc(C)cc1C. The summed E-state index contributed by atoms with van der Waals surface area (Å²) >= 11 is 0. The van der Waals surface area contributed by atoms with E-state index in [1.807, 2.05) is 45.9 Å². The minimum absolute atomic E-state index is 0.114. The highest BCUT2D eigenvalue weighted by Gasteiger charge is 2.37. The fourth-order valence-electron chi connectivity index (χ4n) is 5.06. The zero-order valence-electron chi connectivity index (χ0n) is 27.7. The van der Waals surface area contributed by atoms with Crippen molar-refractivity contribution in [3.05, 3.63) is 59.2 Å². The zero-order valence-corrected chi connectivity index (χ0v) is 27.7. The fraction of sp³-hybridized carbons (Fsp3) is 0.571. The zero-order chi connectivity index (χ0) is 32.2. The molecule has 8 heteroatoms. The third kappa shape index (κ3) is 11.9. The van der Waals surface area contributed by atoms with Gasteiger partial charge in [-0.05, 0) is 88.8 Å². The second-order valence-corrected chi connectivity index (χ2v) is 12.8. The minimum Gasteiger partial charge on any atom is -0.497 e. The molecule has 2 unspecified atom stereocenters. The molecule has 8 nitrogen and oxygen atoms in total. The predicted molar refractivity (Wildman–Crippen MR) is 173 cm³/mol. The van der Waals surface area contributed by atoms with Gasteiger partial charge in [-0.3, -0.25) is 9.59 Å². The Hall–Kier alpha value is -3.55. The monoisotopic (exact) mass is 595 g/mol. The molecule has 238 valence electrons. The highest BCUT2D eigenvalue weighted by Crippen LogP contribution is 2.29. The van der Waals surface area contributed by atoms with Crippen LogP contribution in [0.1, 0.15) is 103 Å². The van der Waals surface area contributed by atoms with Gasteiger partial charge >= 0.3 is 6.09 Å². The van der Waals surface area contributed by atoms with Crippen LogP contribution in [0.2, 0.25) is 0 Å². The maximum Gasteiger partial charge on any atom is 0.408 e. The van der Waals surface area contributed by atoms with Crippen LogP contribution in [0.3, 0.4) is 0 Å². The Morgan fingerprint density at radius 2 is 1.58 bits per heavy atom. The van der Waals surface area contributed by atoms with Gasteiger partial charge in [0, 0.05) is 12.2 Å². The number of nitrogens with one attached hydrogen (secondary N) is 2. The van der Waals surface area contributed by atoms with Crippen molar-refractivity contribution in [3.8, 4) is 5.75 Å². The Morgan fingerprint density at radius 1 is 0.930 bits per heavy atom. The number of aryl methyl sites for hydroxylation is 2. The molecule has 0 saturated carbocycles. The summed E-state index contributed by atoms with van der Waals surface area (Å²) in [4.78, 5) is 43.2. The summed E-state index contributed by atoms with van der Waals surface area (Å²) in [5.41, 5.74) is 2.62. The number of hydrogen-bond donors (Lipinski definition) is 2. The van der Waals surface area contributed by atoms with E-state index in [-0.39, 0.29) is 17.7 Å². The summed E-state index contributed by atoms with van der Waals surface area (Å²) in [6.07, 6.45) is 4.70. The molecular weight excluding hydrogens is 542 g/mol. The Bertz CT molecular complexity index is 1190. The average Bonchev–Trinajstić information content (AvgIpc) is 2.91. The molecule has 2 atom stereocenters. The summed E-state index contributed by atoms with van der Waals surface area (Å²) in [7, 11) is 1.59. The number of nitrogens with zero attached hydrogens (tertiary/aromatic N) is 1. The van der Waals surface area contributed by atoms with Crippen molar-refractivity contribution < 1.29 is 23.9 Å². The van der Waals surface area contributed by atoms with Gasteiger partial charge in [0.25, 0.3) is 5.91 Å². The maximum atomic E-state index is 14.5. The highest BCUT2D eigenvalue weighted by atomic mass is 16.6. The van der Waals surface area contributed by atoms with E-state index < -0.39 is 23.8 Å². The van der Waals surface area contributed by atoms with Crippen LogP contribution in [0.4, 0.5) is 10.5 Å². The first-order valence-corrected chi connectivity index (χ1v) is 15.6. The smallest absolute Gasteiger partial charge is 0.408 e. The van der Waals surface area contributed by atoms with Crippen molar-refractivity contribution >= 4 is 23.6 Å². The molecule has 0 aliphatic heterocycles. The number of amides is 3. The number of carbonyl (C=O) groups excluding carboxylic acids is 3. The fourth-order valence-corrected chi connectivity index (χ4v) is 5.06. The number of rotatable bonds is 15. The van der Waals surface area contributed by atoms with Crippen LogP contribution in [-0.4, -0.2) is 48.1 Å². The number of hydrogen-bond acceptors (Lipinski definition) is 5. The quantitative estimate of drug-likeness (QED) is 0.205. The van der Waals surface area contributed by atoms with Crippen molar-refractivity contribution in [2.75, 3.05) is 19.0 Å². The van der Waals surface area contributed by atoms with Gasteiger partial charge < -0.3 is 25.0 Å². The highest BCUT2D eigenvalue weighted by molar-refractivity contribution is 5.99. The molecule has 43 heavy (non-hydrogen) atoms.